The summed E-state index contributed by atoms with van der Waals surface area (Å²) in [6.45, 7) is 3.62. The molecule has 2 aromatic rings. The zero-order valence-corrected chi connectivity index (χ0v) is 5.15. The van der Waals surface area contributed by atoms with Gasteiger partial charge >= 0.3 is 0 Å². The van der Waals surface area contributed by atoms with Crippen molar-refractivity contribution in [2.24, 2.45) is 0 Å². The molecule has 0 aliphatic carbocycles. The highest BCUT2D eigenvalue weighted by atomic mass is 16.3. The molecule has 0 saturated carbocycles. The van der Waals surface area contributed by atoms with Gasteiger partial charge in [0.2, 0.25) is 5.88 Å². The van der Waals surface area contributed by atoms with Crippen molar-refractivity contribution >= 4 is 12.2 Å². The lowest BCUT2D eigenvalue weighted by atomic mass is 10.8. The van der Waals surface area contributed by atoms with Crippen molar-refractivity contribution in [2.75, 3.05) is 0 Å². The van der Waals surface area contributed by atoms with Gasteiger partial charge in [-0.15, -0.1) is 0 Å². The van der Waals surface area contributed by atoms with Gasteiger partial charge in [-0.1, -0.05) is 6.58 Å². The molecule has 10 heavy (non-hydrogen) atoms. The van der Waals surface area contributed by atoms with E-state index in [4.69, 9.17) is 5.11 Å². The third-order valence-corrected chi connectivity index (χ3v) is 1.33. The lowest BCUT2D eigenvalue weighted by Gasteiger charge is -1.75. The van der Waals surface area contributed by atoms with E-state index < -0.39 is 0 Å². The number of hydrogen-bond donors (Lipinski definition) is 1. The van der Waals surface area contributed by atoms with E-state index in [1.807, 2.05) is 0 Å². The Kier molecular flexibility index (Phi) is 0.768. The third kappa shape index (κ3) is 0.500. The van der Waals surface area contributed by atoms with Gasteiger partial charge in [0, 0.05) is 0 Å². The van der Waals surface area contributed by atoms with Crippen LogP contribution in [-0.4, -0.2) is 19.5 Å². The summed E-state index contributed by atoms with van der Waals surface area (Å²) in [4.78, 5) is 7.63. The quantitative estimate of drug-likeness (QED) is 0.533. The van der Waals surface area contributed by atoms with Crippen molar-refractivity contribution in [3.63, 3.8) is 0 Å². The highest BCUT2D eigenvalue weighted by molar-refractivity contribution is 5.39. The maximum absolute atomic E-state index is 8.88. The third-order valence-electron chi connectivity index (χ3n) is 1.33. The molecule has 0 amide bonds. The lowest BCUT2D eigenvalue weighted by molar-refractivity contribution is 0.457. The Morgan fingerprint density at radius 3 is 3.10 bits per heavy atom. The predicted molar refractivity (Wildman–Crippen MR) is 35.4 cm³/mol. The highest BCUT2D eigenvalue weighted by Crippen LogP contribution is 2.04. The molecular formula is C6H5N3O. The van der Waals surface area contributed by atoms with Crippen molar-refractivity contribution in [3.05, 3.63) is 17.9 Å². The molecule has 50 valence electrons. The van der Waals surface area contributed by atoms with Gasteiger partial charge in [0.05, 0.1) is 12.4 Å². The number of fused-ring (bicyclic) bond motifs is 1. The van der Waals surface area contributed by atoms with Gasteiger partial charge in [-0.05, 0) is 0 Å². The largest absolute Gasteiger partial charge is 0.492 e. The molecule has 0 spiro atoms. The van der Waals surface area contributed by atoms with Gasteiger partial charge in [0.1, 0.15) is 5.48 Å². The maximum Gasteiger partial charge on any atom is 0.230 e. The van der Waals surface area contributed by atoms with Crippen LogP contribution in [0.15, 0.2) is 12.4 Å². The minimum absolute atomic E-state index is 0.00213. The predicted octanol–water partition coefficient (Wildman–Crippen LogP) is -0.436. The van der Waals surface area contributed by atoms with Crippen LogP contribution >= 0.6 is 0 Å². The Balaban J connectivity index is 3.03. The minimum Gasteiger partial charge on any atom is -0.492 e. The van der Waals surface area contributed by atoms with Crippen LogP contribution in [0.1, 0.15) is 0 Å². The second-order valence-electron chi connectivity index (χ2n) is 2.00. The molecule has 0 aliphatic rings. The Bertz CT molecular complexity index is 406. The average Bonchev–Trinajstić information content (AvgIpc) is 2.35. The normalized spacial score (nSPS) is 10.8. The van der Waals surface area contributed by atoms with Gasteiger partial charge in [0.25, 0.3) is 0 Å². The Morgan fingerprint density at radius 2 is 2.40 bits per heavy atom. The van der Waals surface area contributed by atoms with E-state index in [0.29, 0.717) is 11.1 Å². The lowest BCUT2D eigenvalue weighted by Crippen LogP contribution is -2.05. The molecular weight excluding hydrogens is 130 g/mol. The van der Waals surface area contributed by atoms with Crippen molar-refractivity contribution < 1.29 is 5.11 Å². The van der Waals surface area contributed by atoms with E-state index in [2.05, 4.69) is 16.5 Å². The molecule has 1 N–H and O–H groups in total. The molecule has 0 aliphatic heterocycles. The first-order valence-corrected chi connectivity index (χ1v) is 2.79. The maximum atomic E-state index is 8.88. The minimum atomic E-state index is 0.00213. The monoisotopic (exact) mass is 135 g/mol. The molecule has 0 radical (unpaired) electrons. The SMILES string of the molecule is C=c1ncc2nc(O)cn12. The average molecular weight is 135 g/mol. The van der Waals surface area contributed by atoms with Crippen LogP contribution in [0.25, 0.3) is 12.2 Å². The van der Waals surface area contributed by atoms with Gasteiger partial charge < -0.3 is 5.11 Å². The van der Waals surface area contributed by atoms with Gasteiger partial charge in [-0.2, -0.15) is 4.98 Å². The zero-order chi connectivity index (χ0) is 7.14. The summed E-state index contributed by atoms with van der Waals surface area (Å²) < 4.78 is 1.62. The first-order valence-electron chi connectivity index (χ1n) is 2.79. The number of hydrogen-bond acceptors (Lipinski definition) is 3. The van der Waals surface area contributed by atoms with Crippen LogP contribution in [0.2, 0.25) is 0 Å². The summed E-state index contributed by atoms with van der Waals surface area (Å²) in [7, 11) is 0. The van der Waals surface area contributed by atoms with E-state index in [9.17, 15) is 0 Å². The van der Waals surface area contributed by atoms with Crippen molar-refractivity contribution in [1.82, 2.24) is 14.4 Å². The van der Waals surface area contributed by atoms with Crippen molar-refractivity contribution in [1.29, 1.82) is 0 Å². The Hall–Kier alpha value is -1.58. The Morgan fingerprint density at radius 1 is 1.60 bits per heavy atom. The van der Waals surface area contributed by atoms with Crippen LogP contribution in [0.5, 0.6) is 5.88 Å². The van der Waals surface area contributed by atoms with Crippen LogP contribution < -0.4 is 5.48 Å². The summed E-state index contributed by atoms with van der Waals surface area (Å²) >= 11 is 0. The molecule has 4 heteroatoms. The van der Waals surface area contributed by atoms with Crippen LogP contribution in [0.4, 0.5) is 0 Å². The van der Waals surface area contributed by atoms with Gasteiger partial charge in [-0.25, -0.2) is 4.98 Å². The van der Waals surface area contributed by atoms with Crippen molar-refractivity contribution in [2.45, 2.75) is 0 Å². The summed E-state index contributed by atoms with van der Waals surface area (Å²) in [6, 6.07) is 0. The molecule has 0 saturated heterocycles. The fraction of sp³-hybridized carbons (Fsp3) is 0. The highest BCUT2D eigenvalue weighted by Gasteiger charge is 1.99. The fourth-order valence-electron chi connectivity index (χ4n) is 0.874. The molecule has 0 fully saturated rings. The van der Waals surface area contributed by atoms with Gasteiger partial charge in [-0.3, -0.25) is 4.40 Å². The topological polar surface area (TPSA) is 50.4 Å². The molecule has 2 rings (SSSR count). The second kappa shape index (κ2) is 1.47. The molecule has 0 bridgehead atoms. The second-order valence-corrected chi connectivity index (χ2v) is 2.00. The summed E-state index contributed by atoms with van der Waals surface area (Å²) in [5.74, 6) is 0.00213. The van der Waals surface area contributed by atoms with Crippen LogP contribution in [-0.2, 0) is 0 Å². The molecule has 2 aromatic heterocycles. The standard InChI is InChI=1S/C6H5N3O/c1-4-7-2-5-8-6(10)3-9(4)5/h2-3,10H,1H2. The number of imidazole rings is 2. The number of aromatic nitrogens is 3. The number of rotatable bonds is 0. The van der Waals surface area contributed by atoms with E-state index in [1.54, 1.807) is 10.6 Å². The first kappa shape index (κ1) is 5.22. The summed E-state index contributed by atoms with van der Waals surface area (Å²) in [6.07, 6.45) is 3.03. The molecule has 2 heterocycles. The fourth-order valence-corrected chi connectivity index (χ4v) is 0.874. The first-order chi connectivity index (χ1) is 4.77. The van der Waals surface area contributed by atoms with Crippen LogP contribution in [0.3, 0.4) is 0 Å². The van der Waals surface area contributed by atoms with E-state index in [0.717, 1.165) is 0 Å². The molecule has 0 atom stereocenters. The molecule has 0 aromatic carbocycles. The number of nitrogens with zero attached hydrogens (tertiary/aromatic N) is 3. The van der Waals surface area contributed by atoms with Crippen molar-refractivity contribution in [3.8, 4) is 5.88 Å². The van der Waals surface area contributed by atoms with Crippen LogP contribution in [0, 0.1) is 0 Å². The van der Waals surface area contributed by atoms with E-state index >= 15 is 0 Å². The van der Waals surface area contributed by atoms with E-state index in [1.165, 1.54) is 6.20 Å². The number of aromatic hydroxyl groups is 1. The molecule has 4 nitrogen and oxygen atoms in total. The van der Waals surface area contributed by atoms with Gasteiger partial charge in [0.15, 0.2) is 5.65 Å². The smallest absolute Gasteiger partial charge is 0.230 e. The zero-order valence-electron chi connectivity index (χ0n) is 5.15. The summed E-state index contributed by atoms with van der Waals surface area (Å²) in [5.41, 5.74) is 1.21. The molecule has 0 unspecified atom stereocenters. The Labute approximate surface area is 56.4 Å². The van der Waals surface area contributed by atoms with E-state index in [-0.39, 0.29) is 5.88 Å². The summed E-state index contributed by atoms with van der Waals surface area (Å²) in [5, 5.41) is 8.88.